The molecule has 0 amide bonds. The van der Waals surface area contributed by atoms with E-state index in [1.165, 1.54) is 29.2 Å². The standard InChI is InChI=1S/C25H23N3O2S/c1-17(2)27-25-28(26-15-21-9-6-10-23(29)24(21)30)22(16-31-25)20-13-11-19(12-14-20)18-7-4-3-5-8-18/h3-17,29-30H,1-2H3. The van der Waals surface area contributed by atoms with E-state index in [2.05, 4.69) is 46.5 Å². The first-order valence-corrected chi connectivity index (χ1v) is 10.9. The number of phenolic OH excluding ortho intramolecular Hbond substituents is 2. The van der Waals surface area contributed by atoms with Gasteiger partial charge in [-0.1, -0.05) is 60.7 Å². The van der Waals surface area contributed by atoms with E-state index in [0.717, 1.165) is 21.6 Å². The summed E-state index contributed by atoms with van der Waals surface area (Å²) in [5, 5.41) is 26.5. The van der Waals surface area contributed by atoms with Crippen LogP contribution in [0.2, 0.25) is 0 Å². The molecule has 0 atom stereocenters. The quantitative estimate of drug-likeness (QED) is 0.325. The molecule has 0 saturated heterocycles. The highest BCUT2D eigenvalue weighted by Gasteiger charge is 2.10. The van der Waals surface area contributed by atoms with Crippen LogP contribution in [0.5, 0.6) is 11.5 Å². The van der Waals surface area contributed by atoms with Gasteiger partial charge in [0.05, 0.1) is 11.9 Å². The van der Waals surface area contributed by atoms with Crippen LogP contribution in [0.3, 0.4) is 0 Å². The first kappa shape index (κ1) is 20.6. The number of aromatic nitrogens is 1. The van der Waals surface area contributed by atoms with Gasteiger partial charge in [-0.3, -0.25) is 4.99 Å². The molecule has 3 aromatic carbocycles. The molecule has 4 aromatic rings. The van der Waals surface area contributed by atoms with Gasteiger partial charge in [-0.15, -0.1) is 11.3 Å². The van der Waals surface area contributed by atoms with Gasteiger partial charge < -0.3 is 10.2 Å². The van der Waals surface area contributed by atoms with Crippen molar-refractivity contribution in [3.8, 4) is 33.9 Å². The molecule has 0 spiro atoms. The number of para-hydroxylation sites is 1. The zero-order valence-corrected chi connectivity index (χ0v) is 18.1. The molecule has 31 heavy (non-hydrogen) atoms. The van der Waals surface area contributed by atoms with Crippen LogP contribution in [0, 0.1) is 0 Å². The van der Waals surface area contributed by atoms with Crippen LogP contribution < -0.4 is 4.80 Å². The third-order valence-corrected chi connectivity index (χ3v) is 5.53. The highest BCUT2D eigenvalue weighted by Crippen LogP contribution is 2.28. The Morgan fingerprint density at radius 2 is 1.52 bits per heavy atom. The SMILES string of the molecule is CC(C)N=c1scc(-c2ccc(-c3ccccc3)cc2)n1N=Cc1cccc(O)c1O. The van der Waals surface area contributed by atoms with E-state index in [4.69, 9.17) is 0 Å². The summed E-state index contributed by atoms with van der Waals surface area (Å²) in [6.45, 7) is 4.03. The van der Waals surface area contributed by atoms with Crippen LogP contribution in [0.25, 0.3) is 22.4 Å². The zero-order chi connectivity index (χ0) is 21.8. The lowest BCUT2D eigenvalue weighted by molar-refractivity contribution is 0.403. The van der Waals surface area contributed by atoms with Gasteiger partial charge in [-0.2, -0.15) is 5.10 Å². The maximum Gasteiger partial charge on any atom is 0.206 e. The fourth-order valence-electron chi connectivity index (χ4n) is 3.16. The second kappa shape index (κ2) is 9.02. The third kappa shape index (κ3) is 4.59. The number of benzene rings is 3. The van der Waals surface area contributed by atoms with Gasteiger partial charge in [-0.25, -0.2) is 4.68 Å². The molecule has 1 aromatic heterocycles. The molecule has 0 unspecified atom stereocenters. The minimum Gasteiger partial charge on any atom is -0.504 e. The summed E-state index contributed by atoms with van der Waals surface area (Å²) in [4.78, 5) is 5.44. The maximum absolute atomic E-state index is 10.1. The fourth-order valence-corrected chi connectivity index (χ4v) is 4.13. The van der Waals surface area contributed by atoms with Crippen LogP contribution >= 0.6 is 11.3 Å². The molecule has 0 aliphatic rings. The smallest absolute Gasteiger partial charge is 0.206 e. The normalized spacial score (nSPS) is 12.2. The molecule has 0 radical (unpaired) electrons. The number of hydrogen-bond donors (Lipinski definition) is 2. The van der Waals surface area contributed by atoms with Crippen LogP contribution in [-0.2, 0) is 0 Å². The number of nitrogens with zero attached hydrogens (tertiary/aromatic N) is 3. The summed E-state index contributed by atoms with van der Waals surface area (Å²) < 4.78 is 1.77. The van der Waals surface area contributed by atoms with Crippen molar-refractivity contribution in [2.45, 2.75) is 19.9 Å². The lowest BCUT2D eigenvalue weighted by Crippen LogP contribution is -2.14. The third-order valence-electron chi connectivity index (χ3n) is 4.70. The van der Waals surface area contributed by atoms with Crippen molar-refractivity contribution in [1.29, 1.82) is 0 Å². The highest BCUT2D eigenvalue weighted by molar-refractivity contribution is 7.07. The van der Waals surface area contributed by atoms with E-state index in [0.29, 0.717) is 5.56 Å². The van der Waals surface area contributed by atoms with E-state index in [1.54, 1.807) is 16.8 Å². The molecule has 0 aliphatic carbocycles. The van der Waals surface area contributed by atoms with Crippen LogP contribution in [-0.4, -0.2) is 27.1 Å². The monoisotopic (exact) mass is 429 g/mol. The Morgan fingerprint density at radius 3 is 2.23 bits per heavy atom. The minimum absolute atomic E-state index is 0.113. The van der Waals surface area contributed by atoms with Gasteiger partial charge in [0, 0.05) is 22.5 Å². The van der Waals surface area contributed by atoms with Gasteiger partial charge in [0.1, 0.15) is 0 Å². The number of hydrogen-bond acceptors (Lipinski definition) is 5. The van der Waals surface area contributed by atoms with Gasteiger partial charge in [0.15, 0.2) is 11.5 Å². The molecule has 0 fully saturated rings. The summed E-state index contributed by atoms with van der Waals surface area (Å²) in [7, 11) is 0. The number of phenols is 2. The molecule has 6 heteroatoms. The van der Waals surface area contributed by atoms with Crippen molar-refractivity contribution < 1.29 is 10.2 Å². The minimum atomic E-state index is -0.196. The van der Waals surface area contributed by atoms with Gasteiger partial charge in [-0.05, 0) is 37.1 Å². The van der Waals surface area contributed by atoms with Crippen LogP contribution in [0.4, 0.5) is 0 Å². The Hall–Kier alpha value is -3.64. The van der Waals surface area contributed by atoms with Crippen molar-refractivity contribution >= 4 is 17.6 Å². The first-order valence-electron chi connectivity index (χ1n) is 9.98. The largest absolute Gasteiger partial charge is 0.504 e. The lowest BCUT2D eigenvalue weighted by atomic mass is 10.0. The maximum atomic E-state index is 10.1. The first-order chi connectivity index (χ1) is 15.0. The van der Waals surface area contributed by atoms with Crippen molar-refractivity contribution in [2.24, 2.45) is 10.1 Å². The second-order valence-corrected chi connectivity index (χ2v) is 8.18. The van der Waals surface area contributed by atoms with Crippen molar-refractivity contribution in [2.75, 3.05) is 0 Å². The molecule has 5 nitrogen and oxygen atoms in total. The van der Waals surface area contributed by atoms with E-state index < -0.39 is 0 Å². The molecule has 0 bridgehead atoms. The molecular weight excluding hydrogens is 406 g/mol. The summed E-state index contributed by atoms with van der Waals surface area (Å²) in [5.74, 6) is -0.374. The molecule has 156 valence electrons. The van der Waals surface area contributed by atoms with E-state index in [-0.39, 0.29) is 17.5 Å². The molecule has 0 saturated carbocycles. The molecule has 2 N–H and O–H groups in total. The lowest BCUT2D eigenvalue weighted by Gasteiger charge is -2.07. The molecular formula is C25H23N3O2S. The summed E-state index contributed by atoms with van der Waals surface area (Å²) >= 11 is 1.51. The van der Waals surface area contributed by atoms with Crippen LogP contribution in [0.1, 0.15) is 19.4 Å². The fraction of sp³-hybridized carbons (Fsp3) is 0.120. The zero-order valence-electron chi connectivity index (χ0n) is 17.3. The number of rotatable bonds is 5. The van der Waals surface area contributed by atoms with Gasteiger partial charge >= 0.3 is 0 Å². The molecule has 4 rings (SSSR count). The van der Waals surface area contributed by atoms with Crippen molar-refractivity contribution in [3.63, 3.8) is 0 Å². The number of aromatic hydroxyl groups is 2. The summed E-state index contributed by atoms with van der Waals surface area (Å²) in [6, 6.07) is 23.5. The topological polar surface area (TPSA) is 70.1 Å². The Kier molecular flexibility index (Phi) is 6.00. The Bertz CT molecular complexity index is 1270. The number of thiazole rings is 1. The van der Waals surface area contributed by atoms with E-state index in [9.17, 15) is 10.2 Å². The van der Waals surface area contributed by atoms with Crippen molar-refractivity contribution in [1.82, 2.24) is 4.68 Å². The Labute approximate surface area is 184 Å². The second-order valence-electron chi connectivity index (χ2n) is 7.34. The Morgan fingerprint density at radius 1 is 0.839 bits per heavy atom. The van der Waals surface area contributed by atoms with Gasteiger partial charge in [0.2, 0.25) is 4.80 Å². The highest BCUT2D eigenvalue weighted by atomic mass is 32.1. The summed E-state index contributed by atoms with van der Waals surface area (Å²) in [6.07, 6.45) is 1.53. The summed E-state index contributed by atoms with van der Waals surface area (Å²) in [5.41, 5.74) is 4.66. The predicted octanol–water partition coefficient (Wildman–Crippen LogP) is 5.49. The average Bonchev–Trinajstić information content (AvgIpc) is 3.17. The predicted molar refractivity (Wildman–Crippen MR) is 127 cm³/mol. The van der Waals surface area contributed by atoms with E-state index >= 15 is 0 Å². The van der Waals surface area contributed by atoms with Gasteiger partial charge in [0.25, 0.3) is 0 Å². The average molecular weight is 430 g/mol. The molecule has 0 aliphatic heterocycles. The van der Waals surface area contributed by atoms with E-state index in [1.807, 2.05) is 37.4 Å². The van der Waals surface area contributed by atoms with Crippen LogP contribution in [0.15, 0.2) is 88.3 Å². The molecule has 1 heterocycles. The Balaban J connectivity index is 1.76. The van der Waals surface area contributed by atoms with Crippen molar-refractivity contribution in [3.05, 3.63) is 88.5 Å².